The van der Waals surface area contributed by atoms with E-state index in [4.69, 9.17) is 21.1 Å². The van der Waals surface area contributed by atoms with E-state index in [1.165, 1.54) is 7.11 Å². The minimum Gasteiger partial charge on any atom is -0.492 e. The summed E-state index contributed by atoms with van der Waals surface area (Å²) in [4.78, 5) is 11.9. The number of esters is 1. The molecular formula is C16H15ClO3. The molecular weight excluding hydrogens is 276 g/mol. The smallest absolute Gasteiger partial charge is 0.316 e. The molecule has 0 aliphatic rings. The molecule has 0 radical (unpaired) electrons. The van der Waals surface area contributed by atoms with E-state index in [0.29, 0.717) is 16.3 Å². The third-order valence-corrected chi connectivity index (χ3v) is 3.27. The van der Waals surface area contributed by atoms with E-state index in [1.807, 2.05) is 42.5 Å². The first-order chi connectivity index (χ1) is 9.72. The molecule has 0 spiro atoms. The number of ether oxygens (including phenoxy) is 2. The molecule has 3 nitrogen and oxygen atoms in total. The summed E-state index contributed by atoms with van der Waals surface area (Å²) in [6.45, 7) is 0.181. The average Bonchev–Trinajstić information content (AvgIpc) is 2.50. The van der Waals surface area contributed by atoms with Gasteiger partial charge in [-0.15, -0.1) is 0 Å². The Balaban J connectivity index is 2.17. The summed E-state index contributed by atoms with van der Waals surface area (Å²) in [5.41, 5.74) is 0.706. The van der Waals surface area contributed by atoms with Gasteiger partial charge in [-0.2, -0.15) is 0 Å². The van der Waals surface area contributed by atoms with Crippen molar-refractivity contribution in [3.05, 3.63) is 65.2 Å². The Labute approximate surface area is 123 Å². The predicted octanol–water partition coefficient (Wildman–Crippen LogP) is 3.68. The van der Waals surface area contributed by atoms with Crippen LogP contribution in [0, 0.1) is 0 Å². The molecule has 0 saturated carbocycles. The maximum Gasteiger partial charge on any atom is 0.316 e. The van der Waals surface area contributed by atoms with Gasteiger partial charge in [0.25, 0.3) is 0 Å². The first-order valence-electron chi connectivity index (χ1n) is 6.22. The van der Waals surface area contributed by atoms with Crippen molar-refractivity contribution in [2.45, 2.75) is 5.92 Å². The van der Waals surface area contributed by atoms with Crippen molar-refractivity contribution >= 4 is 17.6 Å². The largest absolute Gasteiger partial charge is 0.492 e. The average molecular weight is 291 g/mol. The highest BCUT2D eigenvalue weighted by Crippen LogP contribution is 2.26. The second-order valence-corrected chi connectivity index (χ2v) is 4.63. The molecule has 0 bridgehead atoms. The Bertz CT molecular complexity index is 569. The molecule has 2 aromatic rings. The van der Waals surface area contributed by atoms with Gasteiger partial charge in [0.15, 0.2) is 0 Å². The lowest BCUT2D eigenvalue weighted by molar-refractivity contribution is -0.143. The highest BCUT2D eigenvalue weighted by molar-refractivity contribution is 6.31. The van der Waals surface area contributed by atoms with Crippen LogP contribution in [0.2, 0.25) is 5.02 Å². The number of hydrogen-bond acceptors (Lipinski definition) is 3. The van der Waals surface area contributed by atoms with E-state index in [1.54, 1.807) is 12.1 Å². The summed E-state index contributed by atoms with van der Waals surface area (Å²) < 4.78 is 10.5. The summed E-state index contributed by atoms with van der Waals surface area (Å²) in [6.07, 6.45) is 0. The Hall–Kier alpha value is -2.00. The number of para-hydroxylation sites is 1. The monoisotopic (exact) mass is 290 g/mol. The lowest BCUT2D eigenvalue weighted by Crippen LogP contribution is -2.21. The van der Waals surface area contributed by atoms with Crippen LogP contribution in [0.1, 0.15) is 11.5 Å². The lowest BCUT2D eigenvalue weighted by Gasteiger charge is -2.17. The van der Waals surface area contributed by atoms with Crippen molar-refractivity contribution < 1.29 is 14.3 Å². The molecule has 0 fully saturated rings. The van der Waals surface area contributed by atoms with E-state index in [9.17, 15) is 4.79 Å². The summed E-state index contributed by atoms with van der Waals surface area (Å²) in [7, 11) is 1.36. The third-order valence-electron chi connectivity index (χ3n) is 2.93. The van der Waals surface area contributed by atoms with Crippen LogP contribution in [0.5, 0.6) is 5.75 Å². The highest BCUT2D eigenvalue weighted by Gasteiger charge is 2.24. The van der Waals surface area contributed by atoms with E-state index < -0.39 is 5.92 Å². The summed E-state index contributed by atoms with van der Waals surface area (Å²) >= 11 is 6.14. The van der Waals surface area contributed by atoms with Gasteiger partial charge in [-0.25, -0.2) is 0 Å². The maximum absolute atomic E-state index is 11.9. The number of carbonyl (C=O) groups is 1. The Morgan fingerprint density at radius 1 is 1.10 bits per heavy atom. The van der Waals surface area contributed by atoms with E-state index in [-0.39, 0.29) is 12.6 Å². The summed E-state index contributed by atoms with van der Waals surface area (Å²) in [6, 6.07) is 16.5. The normalized spacial score (nSPS) is 11.7. The zero-order valence-corrected chi connectivity index (χ0v) is 11.8. The predicted molar refractivity (Wildman–Crippen MR) is 78.1 cm³/mol. The molecule has 1 atom stereocenters. The fourth-order valence-electron chi connectivity index (χ4n) is 1.88. The molecule has 20 heavy (non-hydrogen) atoms. The molecule has 0 aromatic heterocycles. The molecule has 0 aliphatic carbocycles. The van der Waals surface area contributed by atoms with Gasteiger partial charge in [-0.05, 0) is 23.8 Å². The fourth-order valence-corrected chi connectivity index (χ4v) is 2.15. The van der Waals surface area contributed by atoms with Crippen LogP contribution < -0.4 is 4.74 Å². The summed E-state index contributed by atoms with van der Waals surface area (Å²) in [5.74, 6) is -0.212. The molecule has 104 valence electrons. The number of benzene rings is 2. The third kappa shape index (κ3) is 3.52. The summed E-state index contributed by atoms with van der Waals surface area (Å²) in [5, 5.41) is 0.527. The Morgan fingerprint density at radius 3 is 2.40 bits per heavy atom. The minimum atomic E-state index is -0.547. The van der Waals surface area contributed by atoms with Crippen molar-refractivity contribution in [2.24, 2.45) is 0 Å². The fraction of sp³-hybridized carbons (Fsp3) is 0.188. The number of hydrogen-bond donors (Lipinski definition) is 0. The van der Waals surface area contributed by atoms with Crippen LogP contribution in [0.15, 0.2) is 54.6 Å². The minimum absolute atomic E-state index is 0.181. The molecule has 0 saturated heterocycles. The zero-order valence-electron chi connectivity index (χ0n) is 11.1. The van der Waals surface area contributed by atoms with Gasteiger partial charge in [-0.1, -0.05) is 48.0 Å². The van der Waals surface area contributed by atoms with E-state index >= 15 is 0 Å². The van der Waals surface area contributed by atoms with Gasteiger partial charge in [0.05, 0.1) is 7.11 Å². The number of rotatable bonds is 5. The molecule has 0 heterocycles. The van der Waals surface area contributed by atoms with Crippen LogP contribution >= 0.6 is 11.6 Å². The number of carbonyl (C=O) groups excluding carboxylic acids is 1. The number of methoxy groups -OCH3 is 1. The van der Waals surface area contributed by atoms with Crippen LogP contribution in [0.25, 0.3) is 0 Å². The maximum atomic E-state index is 11.9. The second-order valence-electron chi connectivity index (χ2n) is 4.22. The van der Waals surface area contributed by atoms with E-state index in [2.05, 4.69) is 0 Å². The van der Waals surface area contributed by atoms with Crippen molar-refractivity contribution in [3.63, 3.8) is 0 Å². The molecule has 2 aromatic carbocycles. The van der Waals surface area contributed by atoms with Gasteiger partial charge in [0, 0.05) is 5.02 Å². The van der Waals surface area contributed by atoms with Gasteiger partial charge < -0.3 is 9.47 Å². The van der Waals surface area contributed by atoms with Crippen LogP contribution in [-0.2, 0) is 9.53 Å². The van der Waals surface area contributed by atoms with Crippen LogP contribution in [-0.4, -0.2) is 19.7 Å². The van der Waals surface area contributed by atoms with Crippen molar-refractivity contribution in [1.29, 1.82) is 0 Å². The molecule has 1 unspecified atom stereocenters. The Kier molecular flexibility index (Phi) is 5.02. The second kappa shape index (κ2) is 6.96. The zero-order chi connectivity index (χ0) is 14.4. The molecule has 2 rings (SSSR count). The SMILES string of the molecule is COC(=O)C(COc1ccccc1)c1ccccc1Cl. The van der Waals surface area contributed by atoms with Gasteiger partial charge in [-0.3, -0.25) is 4.79 Å². The number of halogens is 1. The highest BCUT2D eigenvalue weighted by atomic mass is 35.5. The molecule has 4 heteroatoms. The topological polar surface area (TPSA) is 35.5 Å². The molecule has 0 aliphatic heterocycles. The van der Waals surface area contributed by atoms with E-state index in [0.717, 1.165) is 0 Å². The van der Waals surface area contributed by atoms with Crippen molar-refractivity contribution in [2.75, 3.05) is 13.7 Å². The van der Waals surface area contributed by atoms with Gasteiger partial charge >= 0.3 is 5.97 Å². The lowest BCUT2D eigenvalue weighted by atomic mass is 10.00. The Morgan fingerprint density at radius 2 is 1.75 bits per heavy atom. The first-order valence-corrected chi connectivity index (χ1v) is 6.60. The quantitative estimate of drug-likeness (QED) is 0.788. The standard InChI is InChI=1S/C16H15ClO3/c1-19-16(18)14(13-9-5-6-10-15(13)17)11-20-12-7-3-2-4-8-12/h2-10,14H,11H2,1H3. The van der Waals surface area contributed by atoms with Crippen LogP contribution in [0.3, 0.4) is 0 Å². The molecule has 0 N–H and O–H groups in total. The van der Waals surface area contributed by atoms with Crippen molar-refractivity contribution in [3.8, 4) is 5.75 Å². The first kappa shape index (κ1) is 14.4. The molecule has 0 amide bonds. The van der Waals surface area contributed by atoms with Crippen LogP contribution in [0.4, 0.5) is 0 Å². The van der Waals surface area contributed by atoms with Crippen molar-refractivity contribution in [1.82, 2.24) is 0 Å². The van der Waals surface area contributed by atoms with Gasteiger partial charge in [0.2, 0.25) is 0 Å². The van der Waals surface area contributed by atoms with Gasteiger partial charge in [0.1, 0.15) is 18.3 Å².